The van der Waals surface area contributed by atoms with Crippen LogP contribution in [-0.2, 0) is 0 Å². The first kappa shape index (κ1) is 15.0. The average molecular weight is 269 g/mol. The average Bonchev–Trinajstić information content (AvgIpc) is 2.39. The number of nitrogens with zero attached hydrogens (tertiary/aromatic N) is 1. The number of benzene rings is 1. The molecular weight excluding hydrogens is 248 g/mol. The third kappa shape index (κ3) is 3.24. The summed E-state index contributed by atoms with van der Waals surface area (Å²) in [4.78, 5) is 13.8. The number of halogens is 1. The summed E-state index contributed by atoms with van der Waals surface area (Å²) in [6.07, 6.45) is 2.25. The maximum atomic E-state index is 12.1. The van der Waals surface area contributed by atoms with E-state index in [0.29, 0.717) is 5.92 Å². The Morgan fingerprint density at radius 3 is 2.44 bits per heavy atom. The largest absolute Gasteiger partial charge is 0.345 e. The summed E-state index contributed by atoms with van der Waals surface area (Å²) in [6, 6.07) is 8.03. The van der Waals surface area contributed by atoms with E-state index in [1.54, 1.807) is 4.90 Å². The quantitative estimate of drug-likeness (QED) is 0.893. The van der Waals surface area contributed by atoms with Crippen molar-refractivity contribution in [3.8, 4) is 0 Å². The van der Waals surface area contributed by atoms with Crippen LogP contribution in [-0.4, -0.2) is 38.0 Å². The molecule has 1 fully saturated rings. The summed E-state index contributed by atoms with van der Waals surface area (Å²) >= 11 is 0. The van der Waals surface area contributed by atoms with Crippen LogP contribution in [0.1, 0.15) is 34.7 Å². The van der Waals surface area contributed by atoms with Crippen LogP contribution in [0.15, 0.2) is 24.3 Å². The molecule has 0 spiro atoms. The topological polar surface area (TPSA) is 32.3 Å². The van der Waals surface area contributed by atoms with Crippen LogP contribution >= 0.6 is 12.4 Å². The Kier molecular flexibility index (Phi) is 5.63. The number of rotatable bonds is 2. The minimum absolute atomic E-state index is 0. The SMILES string of the molecule is CN(C)C(=O)c1ccccc1C1CCNCC1.Cl. The van der Waals surface area contributed by atoms with Crippen LogP contribution in [0.4, 0.5) is 0 Å². The number of hydrogen-bond acceptors (Lipinski definition) is 2. The maximum Gasteiger partial charge on any atom is 0.253 e. The van der Waals surface area contributed by atoms with E-state index in [9.17, 15) is 4.79 Å². The molecule has 0 atom stereocenters. The Morgan fingerprint density at radius 2 is 1.83 bits per heavy atom. The molecule has 1 aromatic rings. The Labute approximate surface area is 115 Å². The third-order valence-corrected chi connectivity index (χ3v) is 3.38. The first-order chi connectivity index (χ1) is 8.20. The molecule has 2 rings (SSSR count). The van der Waals surface area contributed by atoms with Gasteiger partial charge in [-0.25, -0.2) is 0 Å². The highest BCUT2D eigenvalue weighted by Crippen LogP contribution is 2.28. The van der Waals surface area contributed by atoms with Gasteiger partial charge in [0.15, 0.2) is 0 Å². The van der Waals surface area contributed by atoms with E-state index in [-0.39, 0.29) is 18.3 Å². The molecule has 1 saturated heterocycles. The second-order valence-corrected chi connectivity index (χ2v) is 4.81. The highest BCUT2D eigenvalue weighted by atomic mass is 35.5. The number of amides is 1. The van der Waals surface area contributed by atoms with Crippen LogP contribution in [0.25, 0.3) is 0 Å². The van der Waals surface area contributed by atoms with E-state index in [1.807, 2.05) is 32.3 Å². The molecule has 0 saturated carbocycles. The normalized spacial score (nSPS) is 15.9. The number of nitrogens with one attached hydrogen (secondary N) is 1. The second kappa shape index (κ2) is 6.76. The van der Waals surface area contributed by atoms with E-state index in [2.05, 4.69) is 11.4 Å². The molecule has 4 heteroatoms. The van der Waals surface area contributed by atoms with Crippen LogP contribution in [0.5, 0.6) is 0 Å². The molecule has 0 aromatic heterocycles. The first-order valence-corrected chi connectivity index (χ1v) is 6.21. The monoisotopic (exact) mass is 268 g/mol. The fourth-order valence-corrected chi connectivity index (χ4v) is 2.42. The maximum absolute atomic E-state index is 12.1. The number of carbonyl (C=O) groups is 1. The third-order valence-electron chi connectivity index (χ3n) is 3.38. The molecule has 1 N–H and O–H groups in total. The molecule has 1 aliphatic heterocycles. The van der Waals surface area contributed by atoms with Crippen molar-refractivity contribution in [2.75, 3.05) is 27.2 Å². The predicted molar refractivity (Wildman–Crippen MR) is 76.6 cm³/mol. The lowest BCUT2D eigenvalue weighted by atomic mass is 9.87. The van der Waals surface area contributed by atoms with Gasteiger partial charge in [0.2, 0.25) is 0 Å². The van der Waals surface area contributed by atoms with Gasteiger partial charge < -0.3 is 10.2 Å². The molecule has 1 aliphatic rings. The van der Waals surface area contributed by atoms with Gasteiger partial charge in [0, 0.05) is 19.7 Å². The Balaban J connectivity index is 0.00000162. The van der Waals surface area contributed by atoms with Crippen molar-refractivity contribution in [2.24, 2.45) is 0 Å². The lowest BCUT2D eigenvalue weighted by molar-refractivity contribution is 0.0825. The van der Waals surface area contributed by atoms with E-state index in [0.717, 1.165) is 31.5 Å². The predicted octanol–water partition coefficient (Wildman–Crippen LogP) is 2.28. The van der Waals surface area contributed by atoms with Gasteiger partial charge >= 0.3 is 0 Å². The summed E-state index contributed by atoms with van der Waals surface area (Å²) < 4.78 is 0. The van der Waals surface area contributed by atoms with Crippen molar-refractivity contribution in [1.82, 2.24) is 10.2 Å². The van der Waals surface area contributed by atoms with Crippen LogP contribution in [0, 0.1) is 0 Å². The smallest absolute Gasteiger partial charge is 0.253 e. The lowest BCUT2D eigenvalue weighted by Gasteiger charge is -2.25. The lowest BCUT2D eigenvalue weighted by Crippen LogP contribution is -2.29. The van der Waals surface area contributed by atoms with Crippen LogP contribution < -0.4 is 5.32 Å². The minimum Gasteiger partial charge on any atom is -0.345 e. The van der Waals surface area contributed by atoms with Gasteiger partial charge in [-0.05, 0) is 43.5 Å². The highest BCUT2D eigenvalue weighted by Gasteiger charge is 2.21. The molecule has 0 aliphatic carbocycles. The molecule has 0 unspecified atom stereocenters. The van der Waals surface area contributed by atoms with Gasteiger partial charge in [0.1, 0.15) is 0 Å². The van der Waals surface area contributed by atoms with Crippen molar-refractivity contribution >= 4 is 18.3 Å². The summed E-state index contributed by atoms with van der Waals surface area (Å²) in [7, 11) is 3.61. The van der Waals surface area contributed by atoms with E-state index >= 15 is 0 Å². The molecule has 1 amide bonds. The zero-order chi connectivity index (χ0) is 12.3. The standard InChI is InChI=1S/C14H20N2O.ClH/c1-16(2)14(17)13-6-4-3-5-12(13)11-7-9-15-10-8-11;/h3-6,11,15H,7-10H2,1-2H3;1H. The molecular formula is C14H21ClN2O. The summed E-state index contributed by atoms with van der Waals surface area (Å²) in [5, 5.41) is 3.36. The summed E-state index contributed by atoms with van der Waals surface area (Å²) in [5.74, 6) is 0.635. The van der Waals surface area contributed by atoms with Gasteiger partial charge in [-0.2, -0.15) is 0 Å². The number of carbonyl (C=O) groups excluding carboxylic acids is 1. The molecule has 18 heavy (non-hydrogen) atoms. The second-order valence-electron chi connectivity index (χ2n) is 4.81. The van der Waals surface area contributed by atoms with Crippen molar-refractivity contribution < 1.29 is 4.79 Å². The van der Waals surface area contributed by atoms with Crippen molar-refractivity contribution in [3.05, 3.63) is 35.4 Å². The number of piperidine rings is 1. The van der Waals surface area contributed by atoms with Gasteiger partial charge in [-0.1, -0.05) is 18.2 Å². The van der Waals surface area contributed by atoms with Crippen molar-refractivity contribution in [3.63, 3.8) is 0 Å². The number of hydrogen-bond donors (Lipinski definition) is 1. The molecule has 1 heterocycles. The van der Waals surface area contributed by atoms with Gasteiger partial charge in [0.25, 0.3) is 5.91 Å². The van der Waals surface area contributed by atoms with Crippen molar-refractivity contribution in [1.29, 1.82) is 0 Å². The fraction of sp³-hybridized carbons (Fsp3) is 0.500. The minimum atomic E-state index is 0. The van der Waals surface area contributed by atoms with Gasteiger partial charge in [-0.15, -0.1) is 12.4 Å². The zero-order valence-electron chi connectivity index (χ0n) is 11.0. The molecule has 0 bridgehead atoms. The van der Waals surface area contributed by atoms with Crippen molar-refractivity contribution in [2.45, 2.75) is 18.8 Å². The zero-order valence-corrected chi connectivity index (χ0v) is 11.8. The summed E-state index contributed by atoms with van der Waals surface area (Å²) in [5.41, 5.74) is 2.08. The first-order valence-electron chi connectivity index (χ1n) is 6.21. The van der Waals surface area contributed by atoms with E-state index < -0.39 is 0 Å². The molecule has 3 nitrogen and oxygen atoms in total. The molecule has 0 radical (unpaired) electrons. The Bertz CT molecular complexity index is 401. The van der Waals surface area contributed by atoms with Gasteiger partial charge in [0.05, 0.1) is 0 Å². The van der Waals surface area contributed by atoms with Gasteiger partial charge in [-0.3, -0.25) is 4.79 Å². The molecule has 100 valence electrons. The van der Waals surface area contributed by atoms with Crippen LogP contribution in [0.3, 0.4) is 0 Å². The highest BCUT2D eigenvalue weighted by molar-refractivity contribution is 5.95. The Morgan fingerprint density at radius 1 is 1.22 bits per heavy atom. The Hall–Kier alpha value is -1.06. The van der Waals surface area contributed by atoms with Crippen LogP contribution in [0.2, 0.25) is 0 Å². The molecule has 1 aromatic carbocycles. The van der Waals surface area contributed by atoms with E-state index in [4.69, 9.17) is 0 Å². The van der Waals surface area contributed by atoms with E-state index in [1.165, 1.54) is 5.56 Å². The summed E-state index contributed by atoms with van der Waals surface area (Å²) in [6.45, 7) is 2.10. The fourth-order valence-electron chi connectivity index (χ4n) is 2.42.